The topological polar surface area (TPSA) is 53.5 Å². The van der Waals surface area contributed by atoms with Gasteiger partial charge in [-0.2, -0.15) is 0 Å². The molecule has 2 rings (SSSR count). The summed E-state index contributed by atoms with van der Waals surface area (Å²) in [4.78, 5) is 0. The third-order valence-electron chi connectivity index (χ3n) is 4.78. The van der Waals surface area contributed by atoms with Crippen LogP contribution in [-0.2, 0) is 0 Å². The average Bonchev–Trinajstić information content (AvgIpc) is 2.45. The van der Waals surface area contributed by atoms with Crippen molar-refractivity contribution in [3.8, 4) is 0 Å². The molecule has 5 N–H and O–H groups in total. The van der Waals surface area contributed by atoms with Gasteiger partial charge in [-0.25, -0.2) is 0 Å². The molecule has 0 aliphatic heterocycles. The molecule has 0 unspecified atom stereocenters. The Bertz CT molecular complexity index is 189. The van der Waals surface area contributed by atoms with E-state index in [9.17, 15) is 5.11 Å². The lowest BCUT2D eigenvalue weighted by atomic mass is 9.95. The molecule has 0 spiro atoms. The lowest BCUT2D eigenvalue weighted by Crippen LogP contribution is -2.96. The van der Waals surface area contributed by atoms with Crippen LogP contribution >= 0.6 is 0 Å². The maximum Gasteiger partial charge on any atom is 0.151 e. The molecule has 106 valence electrons. The van der Waals surface area contributed by atoms with Crippen molar-refractivity contribution in [2.45, 2.75) is 82.4 Å². The van der Waals surface area contributed by atoms with E-state index in [2.05, 4.69) is 10.6 Å². The molecule has 0 saturated heterocycles. The summed E-state index contributed by atoms with van der Waals surface area (Å²) in [5, 5.41) is 14.9. The van der Waals surface area contributed by atoms with E-state index in [0.29, 0.717) is 0 Å². The van der Waals surface area contributed by atoms with Gasteiger partial charge in [0.15, 0.2) is 6.10 Å². The van der Waals surface area contributed by atoms with E-state index in [1.54, 1.807) is 0 Å². The van der Waals surface area contributed by atoms with Crippen LogP contribution in [0.1, 0.15) is 64.2 Å². The molecule has 0 aromatic carbocycles. The summed E-state index contributed by atoms with van der Waals surface area (Å²) >= 11 is 0. The van der Waals surface area contributed by atoms with E-state index in [1.165, 1.54) is 64.2 Å². The molecule has 2 fully saturated rings. The Kier molecular flexibility index (Phi) is 6.46. The molecule has 0 aromatic heterocycles. The number of quaternary nitrogens is 2. The van der Waals surface area contributed by atoms with Gasteiger partial charge in [0.25, 0.3) is 0 Å². The monoisotopic (exact) mass is 256 g/mol. The first kappa shape index (κ1) is 14.3. The summed E-state index contributed by atoms with van der Waals surface area (Å²) in [5.74, 6) is 0. The van der Waals surface area contributed by atoms with Gasteiger partial charge >= 0.3 is 0 Å². The second kappa shape index (κ2) is 8.13. The predicted molar refractivity (Wildman–Crippen MR) is 73.3 cm³/mol. The lowest BCUT2D eigenvalue weighted by Gasteiger charge is -2.23. The molecule has 0 radical (unpaired) electrons. The van der Waals surface area contributed by atoms with Crippen LogP contribution < -0.4 is 10.6 Å². The largest absolute Gasteiger partial charge is 0.382 e. The number of aliphatic hydroxyl groups is 1. The molecule has 2 saturated carbocycles. The zero-order chi connectivity index (χ0) is 12.6. The molecule has 0 amide bonds. The van der Waals surface area contributed by atoms with Gasteiger partial charge in [-0.1, -0.05) is 12.8 Å². The van der Waals surface area contributed by atoms with E-state index in [-0.39, 0.29) is 6.10 Å². The summed E-state index contributed by atoms with van der Waals surface area (Å²) in [6.07, 6.45) is 13.7. The minimum atomic E-state index is -0.117. The van der Waals surface area contributed by atoms with Crippen molar-refractivity contribution < 1.29 is 15.7 Å². The average molecular weight is 256 g/mol. The molecule has 3 nitrogen and oxygen atoms in total. The molecular formula is C15H32N2O+2. The van der Waals surface area contributed by atoms with Gasteiger partial charge in [0, 0.05) is 0 Å². The fourth-order valence-corrected chi connectivity index (χ4v) is 3.54. The van der Waals surface area contributed by atoms with E-state index in [4.69, 9.17) is 0 Å². The van der Waals surface area contributed by atoms with Gasteiger partial charge in [0.2, 0.25) is 0 Å². The fraction of sp³-hybridized carbons (Fsp3) is 1.00. The van der Waals surface area contributed by atoms with Crippen molar-refractivity contribution in [2.75, 3.05) is 13.1 Å². The molecule has 0 aromatic rings. The van der Waals surface area contributed by atoms with E-state index in [0.717, 1.165) is 25.2 Å². The Balaban J connectivity index is 1.52. The van der Waals surface area contributed by atoms with Crippen LogP contribution in [0.2, 0.25) is 0 Å². The van der Waals surface area contributed by atoms with Gasteiger partial charge in [-0.3, -0.25) is 0 Å². The highest BCUT2D eigenvalue weighted by atomic mass is 16.3. The summed E-state index contributed by atoms with van der Waals surface area (Å²) in [7, 11) is 0. The van der Waals surface area contributed by atoms with Gasteiger partial charge in [-0.15, -0.1) is 0 Å². The third kappa shape index (κ3) is 5.25. The molecule has 3 heteroatoms. The number of hydrogen-bond donors (Lipinski definition) is 3. The predicted octanol–water partition coefficient (Wildman–Crippen LogP) is 0.140. The van der Waals surface area contributed by atoms with Crippen LogP contribution in [0.5, 0.6) is 0 Å². The Morgan fingerprint density at radius 3 is 1.50 bits per heavy atom. The number of rotatable bonds is 6. The maximum absolute atomic E-state index is 10.0. The minimum absolute atomic E-state index is 0.117. The zero-order valence-corrected chi connectivity index (χ0v) is 11.8. The van der Waals surface area contributed by atoms with Gasteiger partial charge in [0.1, 0.15) is 13.1 Å². The molecule has 2 aliphatic carbocycles. The van der Waals surface area contributed by atoms with Gasteiger partial charge in [0.05, 0.1) is 12.1 Å². The van der Waals surface area contributed by atoms with Crippen molar-refractivity contribution in [3.05, 3.63) is 0 Å². The smallest absolute Gasteiger partial charge is 0.151 e. The van der Waals surface area contributed by atoms with Crippen LogP contribution in [0.15, 0.2) is 0 Å². The van der Waals surface area contributed by atoms with Crippen LogP contribution in [0.3, 0.4) is 0 Å². The van der Waals surface area contributed by atoms with Gasteiger partial charge in [-0.05, 0) is 51.4 Å². The standard InChI is InChI=1S/C15H30N2O/c18-15(11-16-13-7-3-1-4-8-13)12-17-14-9-5-2-6-10-14/h13-18H,1-12H2/p+2. The SMILES string of the molecule is OC(C[NH2+]C1CCCCC1)C[NH2+]C1CCCCC1. The van der Waals surface area contributed by atoms with Crippen molar-refractivity contribution in [3.63, 3.8) is 0 Å². The number of hydrogen-bond acceptors (Lipinski definition) is 1. The van der Waals surface area contributed by atoms with E-state index >= 15 is 0 Å². The molecule has 0 heterocycles. The Morgan fingerprint density at radius 2 is 1.11 bits per heavy atom. The quantitative estimate of drug-likeness (QED) is 0.622. The first-order chi connectivity index (χ1) is 8.84. The Labute approximate surface area is 112 Å². The summed E-state index contributed by atoms with van der Waals surface area (Å²) in [6.45, 7) is 1.82. The normalized spacial score (nSPS) is 23.7. The van der Waals surface area contributed by atoms with Crippen LogP contribution in [0.25, 0.3) is 0 Å². The first-order valence-electron chi connectivity index (χ1n) is 8.19. The van der Waals surface area contributed by atoms with E-state index in [1.807, 2.05) is 0 Å². The molecular weight excluding hydrogens is 224 g/mol. The van der Waals surface area contributed by atoms with Crippen molar-refractivity contribution in [2.24, 2.45) is 0 Å². The zero-order valence-electron chi connectivity index (χ0n) is 11.8. The molecule has 0 bridgehead atoms. The third-order valence-corrected chi connectivity index (χ3v) is 4.78. The lowest BCUT2D eigenvalue weighted by molar-refractivity contribution is -0.724. The van der Waals surface area contributed by atoms with Crippen molar-refractivity contribution in [1.29, 1.82) is 0 Å². The Hall–Kier alpha value is -0.120. The highest BCUT2D eigenvalue weighted by Crippen LogP contribution is 2.15. The summed E-state index contributed by atoms with van der Waals surface area (Å²) in [5.41, 5.74) is 0. The van der Waals surface area contributed by atoms with Crippen molar-refractivity contribution >= 4 is 0 Å². The number of aliphatic hydroxyl groups excluding tert-OH is 1. The van der Waals surface area contributed by atoms with Crippen LogP contribution in [0, 0.1) is 0 Å². The van der Waals surface area contributed by atoms with Crippen molar-refractivity contribution in [1.82, 2.24) is 0 Å². The molecule has 18 heavy (non-hydrogen) atoms. The minimum Gasteiger partial charge on any atom is -0.382 e. The number of nitrogens with two attached hydrogens (primary N) is 2. The van der Waals surface area contributed by atoms with E-state index < -0.39 is 0 Å². The highest BCUT2D eigenvalue weighted by molar-refractivity contribution is 4.64. The summed E-state index contributed by atoms with van der Waals surface area (Å²) in [6, 6.07) is 1.59. The summed E-state index contributed by atoms with van der Waals surface area (Å²) < 4.78 is 0. The highest BCUT2D eigenvalue weighted by Gasteiger charge is 2.20. The van der Waals surface area contributed by atoms with Crippen LogP contribution in [0.4, 0.5) is 0 Å². The maximum atomic E-state index is 10.0. The van der Waals surface area contributed by atoms with Crippen LogP contribution in [-0.4, -0.2) is 36.4 Å². The molecule has 2 aliphatic rings. The fourth-order valence-electron chi connectivity index (χ4n) is 3.54. The second-order valence-corrected chi connectivity index (χ2v) is 6.39. The second-order valence-electron chi connectivity index (χ2n) is 6.39. The Morgan fingerprint density at radius 1 is 0.722 bits per heavy atom. The van der Waals surface area contributed by atoms with Gasteiger partial charge < -0.3 is 15.7 Å². The first-order valence-corrected chi connectivity index (χ1v) is 8.19. The molecule has 0 atom stereocenters.